The van der Waals surface area contributed by atoms with Gasteiger partial charge in [-0.25, -0.2) is 0 Å². The van der Waals surface area contributed by atoms with Crippen LogP contribution in [-0.4, -0.2) is 25.0 Å². The lowest BCUT2D eigenvalue weighted by Gasteiger charge is -2.25. The van der Waals surface area contributed by atoms with Crippen molar-refractivity contribution in [1.29, 1.82) is 0 Å². The molecule has 2 atom stereocenters. The van der Waals surface area contributed by atoms with Gasteiger partial charge in [-0.05, 0) is 30.5 Å². The molecule has 3 rings (SSSR count). The van der Waals surface area contributed by atoms with E-state index < -0.39 is 6.04 Å². The Kier molecular flexibility index (Phi) is 8.23. The summed E-state index contributed by atoms with van der Waals surface area (Å²) in [5.74, 6) is -0.128. The Morgan fingerprint density at radius 3 is 2.52 bits per heavy atom. The normalized spacial score (nSPS) is 16.2. The molecule has 1 heterocycles. The van der Waals surface area contributed by atoms with E-state index in [4.69, 9.17) is 5.73 Å². The van der Waals surface area contributed by atoms with E-state index in [0.29, 0.717) is 12.6 Å². The van der Waals surface area contributed by atoms with Crippen molar-refractivity contribution in [3.8, 4) is 0 Å². The Morgan fingerprint density at radius 1 is 1.16 bits per heavy atom. The van der Waals surface area contributed by atoms with Crippen molar-refractivity contribution < 1.29 is 4.79 Å². The van der Waals surface area contributed by atoms with Crippen molar-refractivity contribution >= 4 is 36.4 Å². The summed E-state index contributed by atoms with van der Waals surface area (Å²) in [7, 11) is 0. The number of carbonyl (C=O) groups excluding carboxylic acids is 1. The number of hydrogen-bond acceptors (Lipinski definition) is 3. The van der Waals surface area contributed by atoms with Gasteiger partial charge in [0.2, 0.25) is 5.91 Å². The quantitative estimate of drug-likeness (QED) is 0.836. The first-order chi connectivity index (χ1) is 11.2. The highest BCUT2D eigenvalue weighted by molar-refractivity contribution is 5.85. The van der Waals surface area contributed by atoms with Crippen LogP contribution in [0.25, 0.3) is 0 Å². The summed E-state index contributed by atoms with van der Waals surface area (Å²) >= 11 is 0. The van der Waals surface area contributed by atoms with Crippen molar-refractivity contribution in [3.05, 3.63) is 65.7 Å². The average molecular weight is 382 g/mol. The molecule has 0 saturated carbocycles. The first-order valence-corrected chi connectivity index (χ1v) is 8.09. The maximum Gasteiger partial charge on any atom is 0.241 e. The third-order valence-electron chi connectivity index (χ3n) is 4.44. The van der Waals surface area contributed by atoms with Gasteiger partial charge in [-0.1, -0.05) is 48.5 Å². The maximum absolute atomic E-state index is 12.2. The second kappa shape index (κ2) is 9.66. The number of nitrogens with one attached hydrogen (secondary N) is 1. The number of nitrogens with two attached hydrogens (primary N) is 1. The van der Waals surface area contributed by atoms with Gasteiger partial charge < -0.3 is 16.0 Å². The average Bonchev–Trinajstić information content (AvgIpc) is 2.90. The minimum atomic E-state index is -0.612. The Morgan fingerprint density at radius 2 is 1.80 bits per heavy atom. The molecular weight excluding hydrogens is 357 g/mol. The van der Waals surface area contributed by atoms with E-state index in [2.05, 4.69) is 41.4 Å². The second-order valence-corrected chi connectivity index (χ2v) is 6.05. The fraction of sp³-hybridized carbons (Fsp3) is 0.316. The summed E-state index contributed by atoms with van der Waals surface area (Å²) in [5, 5.41) is 2.95. The SMILES string of the molecule is CC1Cc2ccccc2N1CCNC(=O)C(N)c1ccccc1.Cl.Cl. The van der Waals surface area contributed by atoms with Gasteiger partial charge in [0.15, 0.2) is 0 Å². The van der Waals surface area contributed by atoms with Crippen molar-refractivity contribution in [2.45, 2.75) is 25.4 Å². The zero-order valence-electron chi connectivity index (χ0n) is 14.2. The molecule has 1 amide bonds. The van der Waals surface area contributed by atoms with E-state index in [1.807, 2.05) is 30.3 Å². The van der Waals surface area contributed by atoms with Crippen LogP contribution < -0.4 is 16.0 Å². The van der Waals surface area contributed by atoms with Gasteiger partial charge in [-0.2, -0.15) is 0 Å². The third-order valence-corrected chi connectivity index (χ3v) is 4.44. The minimum absolute atomic E-state index is 0. The van der Waals surface area contributed by atoms with Crippen molar-refractivity contribution in [3.63, 3.8) is 0 Å². The van der Waals surface area contributed by atoms with Gasteiger partial charge in [0.1, 0.15) is 6.04 Å². The van der Waals surface area contributed by atoms with Crippen LogP contribution in [-0.2, 0) is 11.2 Å². The highest BCUT2D eigenvalue weighted by Crippen LogP contribution is 2.31. The predicted molar refractivity (Wildman–Crippen MR) is 108 cm³/mol. The molecule has 3 N–H and O–H groups in total. The molecule has 0 fully saturated rings. The summed E-state index contributed by atoms with van der Waals surface area (Å²) in [6, 6.07) is 17.8. The lowest BCUT2D eigenvalue weighted by molar-refractivity contribution is -0.122. The number of carbonyl (C=O) groups is 1. The molecule has 0 bridgehead atoms. The molecule has 0 aromatic heterocycles. The monoisotopic (exact) mass is 381 g/mol. The highest BCUT2D eigenvalue weighted by Gasteiger charge is 2.25. The van der Waals surface area contributed by atoms with Crippen molar-refractivity contribution in [2.24, 2.45) is 5.73 Å². The second-order valence-electron chi connectivity index (χ2n) is 6.05. The standard InChI is InChI=1S/C19H23N3O.2ClH/c1-14-13-16-9-5-6-10-17(16)22(14)12-11-21-19(23)18(20)15-7-3-2-4-8-15;;/h2-10,14,18H,11-13,20H2,1H3,(H,21,23);2*1H. The molecule has 0 spiro atoms. The molecule has 0 aliphatic carbocycles. The third kappa shape index (κ3) is 4.88. The van der Waals surface area contributed by atoms with Gasteiger partial charge >= 0.3 is 0 Å². The number of para-hydroxylation sites is 1. The molecule has 2 aromatic carbocycles. The van der Waals surface area contributed by atoms with Crippen LogP contribution in [0, 0.1) is 0 Å². The van der Waals surface area contributed by atoms with Crippen LogP contribution in [0.1, 0.15) is 24.1 Å². The highest BCUT2D eigenvalue weighted by atomic mass is 35.5. The number of hydrogen-bond donors (Lipinski definition) is 2. The lowest BCUT2D eigenvalue weighted by atomic mass is 10.1. The lowest BCUT2D eigenvalue weighted by Crippen LogP contribution is -2.41. The number of halogens is 2. The Hall–Kier alpha value is -1.75. The van der Waals surface area contributed by atoms with Crippen molar-refractivity contribution in [2.75, 3.05) is 18.0 Å². The number of nitrogens with zero attached hydrogens (tertiary/aromatic N) is 1. The van der Waals surface area contributed by atoms with E-state index in [1.165, 1.54) is 11.3 Å². The molecule has 2 aromatic rings. The van der Waals surface area contributed by atoms with Gasteiger partial charge in [-0.15, -0.1) is 24.8 Å². The smallest absolute Gasteiger partial charge is 0.241 e. The van der Waals surface area contributed by atoms with Crippen LogP contribution >= 0.6 is 24.8 Å². The minimum Gasteiger partial charge on any atom is -0.367 e. The van der Waals surface area contributed by atoms with Crippen LogP contribution in [0.4, 0.5) is 5.69 Å². The topological polar surface area (TPSA) is 58.4 Å². The van der Waals surface area contributed by atoms with E-state index in [-0.39, 0.29) is 30.7 Å². The fourth-order valence-electron chi connectivity index (χ4n) is 3.19. The Labute approximate surface area is 161 Å². The number of amides is 1. The molecule has 0 saturated heterocycles. The summed E-state index contributed by atoms with van der Waals surface area (Å²) in [4.78, 5) is 14.5. The fourth-order valence-corrected chi connectivity index (χ4v) is 3.19. The van der Waals surface area contributed by atoms with Crippen molar-refractivity contribution in [1.82, 2.24) is 5.32 Å². The number of benzene rings is 2. The maximum atomic E-state index is 12.2. The number of fused-ring (bicyclic) bond motifs is 1. The Bertz CT molecular complexity index is 681. The molecule has 4 nitrogen and oxygen atoms in total. The van der Waals surface area contributed by atoms with Crippen LogP contribution in [0.3, 0.4) is 0 Å². The molecule has 25 heavy (non-hydrogen) atoms. The predicted octanol–water partition coefficient (Wildman–Crippen LogP) is 3.10. The summed E-state index contributed by atoms with van der Waals surface area (Å²) < 4.78 is 0. The molecule has 2 unspecified atom stereocenters. The van der Waals surface area contributed by atoms with E-state index >= 15 is 0 Å². The summed E-state index contributed by atoms with van der Waals surface area (Å²) in [6.07, 6.45) is 1.06. The largest absolute Gasteiger partial charge is 0.367 e. The van der Waals surface area contributed by atoms with Crippen LogP contribution in [0.15, 0.2) is 54.6 Å². The number of rotatable bonds is 5. The zero-order valence-corrected chi connectivity index (χ0v) is 15.9. The van der Waals surface area contributed by atoms with Crippen LogP contribution in [0.5, 0.6) is 0 Å². The van der Waals surface area contributed by atoms with Gasteiger partial charge in [-0.3, -0.25) is 4.79 Å². The first-order valence-electron chi connectivity index (χ1n) is 8.09. The molecule has 1 aliphatic heterocycles. The van der Waals surface area contributed by atoms with Crippen LogP contribution in [0.2, 0.25) is 0 Å². The van der Waals surface area contributed by atoms with Gasteiger partial charge in [0, 0.05) is 24.8 Å². The molecule has 0 radical (unpaired) electrons. The molecule has 6 heteroatoms. The first kappa shape index (κ1) is 21.3. The summed E-state index contributed by atoms with van der Waals surface area (Å²) in [6.45, 7) is 3.61. The van der Waals surface area contributed by atoms with E-state index in [0.717, 1.165) is 18.5 Å². The zero-order chi connectivity index (χ0) is 16.2. The van der Waals surface area contributed by atoms with Gasteiger partial charge in [0.05, 0.1) is 0 Å². The van der Waals surface area contributed by atoms with E-state index in [9.17, 15) is 4.79 Å². The molecule has 1 aliphatic rings. The van der Waals surface area contributed by atoms with Gasteiger partial charge in [0.25, 0.3) is 0 Å². The molecule has 136 valence electrons. The Balaban J connectivity index is 0.00000156. The summed E-state index contributed by atoms with van der Waals surface area (Å²) in [5.41, 5.74) is 9.51. The molecular formula is C19H25Cl2N3O. The van der Waals surface area contributed by atoms with E-state index in [1.54, 1.807) is 0 Å². The number of anilines is 1.